The van der Waals surface area contributed by atoms with Crippen molar-refractivity contribution in [1.82, 2.24) is 9.13 Å². The lowest BCUT2D eigenvalue weighted by Crippen LogP contribution is -2.08. The van der Waals surface area contributed by atoms with Gasteiger partial charge in [0, 0.05) is 26.9 Å². The van der Waals surface area contributed by atoms with Gasteiger partial charge in [-0.05, 0) is 30.3 Å². The first-order chi connectivity index (χ1) is 21.3. The van der Waals surface area contributed by atoms with Crippen molar-refractivity contribution in [2.45, 2.75) is 0 Å². The summed E-state index contributed by atoms with van der Waals surface area (Å²) in [5, 5.41) is 27.5. The lowest BCUT2D eigenvalue weighted by Gasteiger charge is -2.20. The Hall–Kier alpha value is -6.30. The van der Waals surface area contributed by atoms with Crippen LogP contribution in [0.5, 0.6) is 0 Å². The predicted molar refractivity (Wildman–Crippen MR) is 172 cm³/mol. The Kier molecular flexibility index (Phi) is 4.68. The molecular weight excluding hydrogens is 528 g/mol. The fraction of sp³-hybridized carbons (Fsp3) is 0. The summed E-state index contributed by atoms with van der Waals surface area (Å²) in [6.07, 6.45) is 0. The molecule has 5 nitrogen and oxygen atoms in total. The van der Waals surface area contributed by atoms with E-state index in [4.69, 9.17) is 4.42 Å². The highest BCUT2D eigenvalue weighted by molar-refractivity contribution is 6.18. The Bertz CT molecular complexity index is 2600. The average molecular weight is 549 g/mol. The number of nitriles is 2. The Morgan fingerprint density at radius 3 is 1.30 bits per heavy atom. The molecule has 0 aliphatic heterocycles. The summed E-state index contributed by atoms with van der Waals surface area (Å²) >= 11 is 0. The van der Waals surface area contributed by atoms with Crippen molar-refractivity contribution in [3.05, 3.63) is 132 Å². The smallest absolute Gasteiger partial charge is 0.156 e. The summed E-state index contributed by atoms with van der Waals surface area (Å²) < 4.78 is 10.8. The maximum atomic E-state index is 10.9. The molecular formula is C38H20N4O. The van der Waals surface area contributed by atoms with Gasteiger partial charge in [-0.25, -0.2) is 0 Å². The molecule has 43 heavy (non-hydrogen) atoms. The summed E-state index contributed by atoms with van der Waals surface area (Å²) in [6.45, 7) is 0. The number of fused-ring (bicyclic) bond motifs is 9. The number of nitrogens with zero attached hydrogens (tertiary/aromatic N) is 4. The molecule has 0 aliphatic rings. The number of aromatic nitrogens is 2. The van der Waals surface area contributed by atoms with Crippen molar-refractivity contribution in [1.29, 1.82) is 10.5 Å². The fourth-order valence-electron chi connectivity index (χ4n) is 6.90. The second kappa shape index (κ2) is 8.60. The SMILES string of the molecule is N#Cc1c(-n2c3ccccc3c3ccccc32)c(-n2c3ccccc3c3ccccc32)c2c(oc3ccccc32)c1C#N. The van der Waals surface area contributed by atoms with Crippen LogP contribution in [0.25, 0.3) is 76.9 Å². The van der Waals surface area contributed by atoms with E-state index in [0.29, 0.717) is 16.9 Å². The van der Waals surface area contributed by atoms with Gasteiger partial charge < -0.3 is 13.6 Å². The van der Waals surface area contributed by atoms with Crippen molar-refractivity contribution in [3.63, 3.8) is 0 Å². The van der Waals surface area contributed by atoms with Crippen LogP contribution in [0.1, 0.15) is 11.1 Å². The summed E-state index contributed by atoms with van der Waals surface area (Å²) in [7, 11) is 0. The van der Waals surface area contributed by atoms with E-state index < -0.39 is 0 Å². The Morgan fingerprint density at radius 1 is 0.442 bits per heavy atom. The lowest BCUT2D eigenvalue weighted by atomic mass is 9.98. The van der Waals surface area contributed by atoms with E-state index in [1.54, 1.807) is 0 Å². The van der Waals surface area contributed by atoms with E-state index in [9.17, 15) is 10.5 Å². The van der Waals surface area contributed by atoms with Crippen LogP contribution in [0.15, 0.2) is 126 Å². The van der Waals surface area contributed by atoms with E-state index >= 15 is 0 Å². The van der Waals surface area contributed by atoms with Crippen LogP contribution in [0.4, 0.5) is 0 Å². The first-order valence-corrected chi connectivity index (χ1v) is 14.1. The number of para-hydroxylation sites is 5. The van der Waals surface area contributed by atoms with Crippen molar-refractivity contribution < 1.29 is 4.42 Å². The molecule has 6 aromatic carbocycles. The van der Waals surface area contributed by atoms with Crippen molar-refractivity contribution in [3.8, 4) is 23.5 Å². The molecule has 3 heterocycles. The molecule has 0 amide bonds. The van der Waals surface area contributed by atoms with Gasteiger partial charge in [-0.3, -0.25) is 0 Å². The molecule has 0 fully saturated rings. The first kappa shape index (κ1) is 23.4. The van der Waals surface area contributed by atoms with Gasteiger partial charge in [-0.2, -0.15) is 10.5 Å². The summed E-state index contributed by atoms with van der Waals surface area (Å²) in [4.78, 5) is 0. The standard InChI is InChI=1S/C38H20N4O/c39-21-28-29(22-40)38-35(27-15-5-10-20-34(27)43-38)37(42-32-18-8-3-13-25(32)26-14-4-9-19-33(26)42)36(28)41-30-16-6-1-11-23(30)24-12-2-7-17-31(24)41/h1-20H. The Balaban J connectivity index is 1.65. The van der Waals surface area contributed by atoms with Crippen LogP contribution in [0, 0.1) is 22.7 Å². The van der Waals surface area contributed by atoms with Gasteiger partial charge in [0.1, 0.15) is 23.3 Å². The second-order valence-electron chi connectivity index (χ2n) is 10.7. The van der Waals surface area contributed by atoms with Gasteiger partial charge in [-0.1, -0.05) is 91.0 Å². The third-order valence-electron chi connectivity index (χ3n) is 8.60. The van der Waals surface area contributed by atoms with Gasteiger partial charge >= 0.3 is 0 Å². The van der Waals surface area contributed by atoms with Crippen molar-refractivity contribution >= 4 is 65.6 Å². The molecule has 3 aromatic heterocycles. The number of hydrogen-bond donors (Lipinski definition) is 0. The van der Waals surface area contributed by atoms with Crippen molar-refractivity contribution in [2.75, 3.05) is 0 Å². The summed E-state index contributed by atoms with van der Waals surface area (Å²) in [5.41, 5.74) is 6.98. The Morgan fingerprint density at radius 2 is 0.837 bits per heavy atom. The topological polar surface area (TPSA) is 70.6 Å². The molecule has 0 saturated carbocycles. The van der Waals surface area contributed by atoms with Crippen LogP contribution < -0.4 is 0 Å². The molecule has 0 atom stereocenters. The van der Waals surface area contributed by atoms with Gasteiger partial charge in [0.05, 0.1) is 44.4 Å². The van der Waals surface area contributed by atoms with Crippen LogP contribution in [0.3, 0.4) is 0 Å². The monoisotopic (exact) mass is 548 g/mol. The minimum atomic E-state index is 0.232. The van der Waals surface area contributed by atoms with E-state index in [-0.39, 0.29) is 11.1 Å². The molecule has 0 N–H and O–H groups in total. The van der Waals surface area contributed by atoms with Gasteiger partial charge in [0.25, 0.3) is 0 Å². The maximum Gasteiger partial charge on any atom is 0.156 e. The highest BCUT2D eigenvalue weighted by Gasteiger charge is 2.30. The highest BCUT2D eigenvalue weighted by atomic mass is 16.3. The van der Waals surface area contributed by atoms with Gasteiger partial charge in [-0.15, -0.1) is 0 Å². The highest BCUT2D eigenvalue weighted by Crippen LogP contribution is 2.46. The molecule has 0 spiro atoms. The van der Waals surface area contributed by atoms with Crippen LogP contribution in [-0.4, -0.2) is 9.13 Å². The minimum absolute atomic E-state index is 0.232. The number of furan rings is 1. The molecule has 198 valence electrons. The molecule has 0 radical (unpaired) electrons. The lowest BCUT2D eigenvalue weighted by molar-refractivity contribution is 0.667. The normalized spacial score (nSPS) is 11.7. The van der Waals surface area contributed by atoms with E-state index in [2.05, 4.69) is 81.9 Å². The number of rotatable bonds is 2. The fourth-order valence-corrected chi connectivity index (χ4v) is 6.90. The molecule has 0 saturated heterocycles. The zero-order valence-corrected chi connectivity index (χ0v) is 22.7. The van der Waals surface area contributed by atoms with E-state index in [1.807, 2.05) is 60.7 Å². The molecule has 9 aromatic rings. The van der Waals surface area contributed by atoms with Crippen LogP contribution >= 0.6 is 0 Å². The quantitative estimate of drug-likeness (QED) is 0.216. The van der Waals surface area contributed by atoms with Crippen LogP contribution in [-0.2, 0) is 0 Å². The van der Waals surface area contributed by atoms with E-state index in [1.165, 1.54) is 0 Å². The van der Waals surface area contributed by atoms with Crippen molar-refractivity contribution in [2.24, 2.45) is 0 Å². The zero-order chi connectivity index (χ0) is 28.7. The largest absolute Gasteiger partial charge is 0.455 e. The molecule has 5 heteroatoms. The number of hydrogen-bond acceptors (Lipinski definition) is 3. The number of benzene rings is 6. The predicted octanol–water partition coefficient (Wildman–Crippen LogP) is 9.52. The third-order valence-corrected chi connectivity index (χ3v) is 8.60. The third kappa shape index (κ3) is 2.98. The molecule has 9 rings (SSSR count). The molecule has 0 unspecified atom stereocenters. The summed E-state index contributed by atoms with van der Waals surface area (Å²) in [5.74, 6) is 0. The Labute approximate surface area is 245 Å². The molecule has 0 aliphatic carbocycles. The van der Waals surface area contributed by atoms with Gasteiger partial charge in [0.2, 0.25) is 0 Å². The first-order valence-electron chi connectivity index (χ1n) is 14.1. The van der Waals surface area contributed by atoms with E-state index in [0.717, 1.165) is 60.1 Å². The maximum absolute atomic E-state index is 10.9. The summed E-state index contributed by atoms with van der Waals surface area (Å²) in [6, 6.07) is 45.8. The average Bonchev–Trinajstić information content (AvgIpc) is 3.72. The zero-order valence-electron chi connectivity index (χ0n) is 22.7. The van der Waals surface area contributed by atoms with Crippen LogP contribution in [0.2, 0.25) is 0 Å². The minimum Gasteiger partial charge on any atom is -0.455 e. The second-order valence-corrected chi connectivity index (χ2v) is 10.7. The van der Waals surface area contributed by atoms with Gasteiger partial charge in [0.15, 0.2) is 5.58 Å². The molecule has 0 bridgehead atoms.